The molecule has 20 heavy (non-hydrogen) atoms. The van der Waals surface area contributed by atoms with Gasteiger partial charge in [-0.2, -0.15) is 10.2 Å². The number of aromatic hydroxyl groups is 1. The van der Waals surface area contributed by atoms with Crippen molar-refractivity contribution in [3.05, 3.63) is 23.8 Å². The molecule has 0 fully saturated rings. The summed E-state index contributed by atoms with van der Waals surface area (Å²) in [5.41, 5.74) is 4.71. The minimum atomic E-state index is -0.994. The average molecular weight is 276 g/mol. The smallest absolute Gasteiger partial charge is 0.258 e. The number of para-hydroxylation sites is 1. The number of hydrogen-bond donors (Lipinski definition) is 3. The number of carbonyl (C=O) groups excluding carboxylic acids is 2. The third-order valence-electron chi connectivity index (χ3n) is 2.59. The highest BCUT2D eigenvalue weighted by Gasteiger charge is 2.28. The van der Waals surface area contributed by atoms with Crippen LogP contribution in [0.1, 0.15) is 5.56 Å². The lowest BCUT2D eigenvalue weighted by atomic mass is 10.1. The summed E-state index contributed by atoms with van der Waals surface area (Å²) >= 11 is 0. The Kier molecular flexibility index (Phi) is 3.94. The van der Waals surface area contributed by atoms with E-state index in [9.17, 15) is 14.7 Å². The van der Waals surface area contributed by atoms with Crippen molar-refractivity contribution >= 4 is 24.2 Å². The summed E-state index contributed by atoms with van der Waals surface area (Å²) in [6.07, 6.45) is 2.44. The first-order valence-corrected chi connectivity index (χ1v) is 5.65. The molecule has 1 aliphatic heterocycles. The van der Waals surface area contributed by atoms with Crippen molar-refractivity contribution in [1.29, 1.82) is 0 Å². The highest BCUT2D eigenvalue weighted by molar-refractivity contribution is 6.15. The van der Waals surface area contributed by atoms with Crippen LogP contribution in [0.2, 0.25) is 0 Å². The third kappa shape index (κ3) is 2.74. The summed E-state index contributed by atoms with van der Waals surface area (Å²) in [6, 6.07) is 4.85. The number of hydrazone groups is 2. The van der Waals surface area contributed by atoms with Crippen LogP contribution in [0.3, 0.4) is 0 Å². The molecule has 0 saturated heterocycles. The summed E-state index contributed by atoms with van der Waals surface area (Å²) in [6.45, 7) is 0. The molecular formula is C12H12N4O4. The zero-order valence-electron chi connectivity index (χ0n) is 10.5. The van der Waals surface area contributed by atoms with E-state index in [0.29, 0.717) is 11.3 Å². The van der Waals surface area contributed by atoms with E-state index in [-0.39, 0.29) is 5.75 Å². The Labute approximate surface area is 114 Å². The molecule has 0 unspecified atom stereocenters. The van der Waals surface area contributed by atoms with Gasteiger partial charge in [-0.3, -0.25) is 9.59 Å². The van der Waals surface area contributed by atoms with Gasteiger partial charge in [-0.05, 0) is 12.1 Å². The van der Waals surface area contributed by atoms with E-state index in [4.69, 9.17) is 4.74 Å². The molecule has 2 rings (SSSR count). The molecule has 0 aliphatic carbocycles. The predicted octanol–water partition coefficient (Wildman–Crippen LogP) is -0.417. The Morgan fingerprint density at radius 2 is 2.40 bits per heavy atom. The van der Waals surface area contributed by atoms with Crippen LogP contribution < -0.4 is 15.6 Å². The number of hydrogen-bond acceptors (Lipinski definition) is 6. The molecule has 1 aliphatic rings. The lowest BCUT2D eigenvalue weighted by Crippen LogP contribution is -2.34. The van der Waals surface area contributed by atoms with Crippen LogP contribution in [0.4, 0.5) is 0 Å². The van der Waals surface area contributed by atoms with Gasteiger partial charge in [0, 0.05) is 11.8 Å². The molecule has 0 radical (unpaired) electrons. The molecule has 3 N–H and O–H groups in total. The molecule has 1 aromatic rings. The van der Waals surface area contributed by atoms with Gasteiger partial charge in [-0.1, -0.05) is 6.07 Å². The second-order valence-corrected chi connectivity index (χ2v) is 3.86. The standard InChI is InChI=1S/C12H12N4O4/c1-20-9-4-2-3-7(10(9)17)5-13-15-11(18)8-6-14-16-12(8)19/h2-6,8,17H,1H3,(H,15,18)(H,16,19)/b13-5-/t8-/m0/s1. The van der Waals surface area contributed by atoms with E-state index in [1.165, 1.54) is 19.5 Å². The van der Waals surface area contributed by atoms with Crippen LogP contribution in [0.5, 0.6) is 11.5 Å². The zero-order valence-corrected chi connectivity index (χ0v) is 10.5. The number of benzene rings is 1. The molecule has 8 nitrogen and oxygen atoms in total. The van der Waals surface area contributed by atoms with Crippen molar-refractivity contribution in [2.45, 2.75) is 0 Å². The van der Waals surface area contributed by atoms with E-state index in [1.54, 1.807) is 18.2 Å². The average Bonchev–Trinajstić information content (AvgIpc) is 2.87. The number of phenols is 1. The monoisotopic (exact) mass is 276 g/mol. The molecule has 0 spiro atoms. The first-order valence-electron chi connectivity index (χ1n) is 5.65. The molecule has 0 aromatic heterocycles. The van der Waals surface area contributed by atoms with E-state index < -0.39 is 17.7 Å². The number of methoxy groups -OCH3 is 1. The molecule has 8 heteroatoms. The maximum atomic E-state index is 11.6. The molecular weight excluding hydrogens is 264 g/mol. The third-order valence-corrected chi connectivity index (χ3v) is 2.59. The first kappa shape index (κ1) is 13.5. The second kappa shape index (κ2) is 5.83. The van der Waals surface area contributed by atoms with E-state index >= 15 is 0 Å². The zero-order chi connectivity index (χ0) is 14.5. The molecule has 1 atom stereocenters. The second-order valence-electron chi connectivity index (χ2n) is 3.86. The fourth-order valence-electron chi connectivity index (χ4n) is 1.54. The van der Waals surface area contributed by atoms with Crippen molar-refractivity contribution in [3.8, 4) is 11.5 Å². The largest absolute Gasteiger partial charge is 0.504 e. The Hall–Kier alpha value is -2.90. The van der Waals surface area contributed by atoms with Crippen LogP contribution in [-0.2, 0) is 9.59 Å². The molecule has 104 valence electrons. The van der Waals surface area contributed by atoms with Crippen molar-refractivity contribution in [2.24, 2.45) is 16.1 Å². The lowest BCUT2D eigenvalue weighted by molar-refractivity contribution is -0.131. The summed E-state index contributed by atoms with van der Waals surface area (Å²) in [4.78, 5) is 22.8. The van der Waals surface area contributed by atoms with Gasteiger partial charge in [0.2, 0.25) is 0 Å². The number of amides is 2. The van der Waals surface area contributed by atoms with Crippen LogP contribution in [-0.4, -0.2) is 36.5 Å². The quantitative estimate of drug-likeness (QED) is 0.394. The Balaban J connectivity index is 2.02. The predicted molar refractivity (Wildman–Crippen MR) is 70.5 cm³/mol. The maximum Gasteiger partial charge on any atom is 0.258 e. The SMILES string of the molecule is COc1cccc(/C=N\NC(=O)[C@@H]2C=NNC2=O)c1O. The van der Waals surface area contributed by atoms with Crippen molar-refractivity contribution < 1.29 is 19.4 Å². The van der Waals surface area contributed by atoms with Gasteiger partial charge in [0.25, 0.3) is 11.8 Å². The highest BCUT2D eigenvalue weighted by atomic mass is 16.5. The van der Waals surface area contributed by atoms with Gasteiger partial charge >= 0.3 is 0 Å². The van der Waals surface area contributed by atoms with Gasteiger partial charge in [0.15, 0.2) is 17.4 Å². The minimum absolute atomic E-state index is 0.0897. The molecule has 0 bridgehead atoms. The van der Waals surface area contributed by atoms with Crippen LogP contribution in [0, 0.1) is 5.92 Å². The molecule has 2 amide bonds. The lowest BCUT2D eigenvalue weighted by Gasteiger charge is -2.05. The van der Waals surface area contributed by atoms with Gasteiger partial charge in [-0.25, -0.2) is 10.9 Å². The topological polar surface area (TPSA) is 112 Å². The summed E-state index contributed by atoms with van der Waals surface area (Å²) in [5.74, 6) is -1.91. The minimum Gasteiger partial charge on any atom is -0.504 e. The number of nitrogens with one attached hydrogen (secondary N) is 2. The molecule has 0 saturated carbocycles. The summed E-state index contributed by atoms with van der Waals surface area (Å²) in [7, 11) is 1.43. The number of carbonyl (C=O) groups is 2. The van der Waals surface area contributed by atoms with E-state index in [2.05, 4.69) is 21.1 Å². The fraction of sp³-hybridized carbons (Fsp3) is 0.167. The van der Waals surface area contributed by atoms with Gasteiger partial charge in [0.1, 0.15) is 0 Å². The van der Waals surface area contributed by atoms with Gasteiger partial charge < -0.3 is 9.84 Å². The fourth-order valence-corrected chi connectivity index (χ4v) is 1.54. The Bertz CT molecular complexity index is 597. The normalized spacial score (nSPS) is 17.2. The summed E-state index contributed by atoms with van der Waals surface area (Å²) in [5, 5.41) is 16.9. The van der Waals surface area contributed by atoms with Crippen LogP contribution >= 0.6 is 0 Å². The first-order chi connectivity index (χ1) is 9.63. The highest BCUT2D eigenvalue weighted by Crippen LogP contribution is 2.27. The Morgan fingerprint density at radius 1 is 1.60 bits per heavy atom. The number of ether oxygens (including phenoxy) is 1. The number of nitrogens with zero attached hydrogens (tertiary/aromatic N) is 2. The van der Waals surface area contributed by atoms with Crippen molar-refractivity contribution in [2.75, 3.05) is 7.11 Å². The van der Waals surface area contributed by atoms with Gasteiger partial charge in [-0.15, -0.1) is 0 Å². The number of phenolic OH excluding ortho intramolecular Hbond substituents is 1. The Morgan fingerprint density at radius 3 is 3.05 bits per heavy atom. The molecule has 1 aromatic carbocycles. The molecule has 1 heterocycles. The van der Waals surface area contributed by atoms with E-state index in [0.717, 1.165) is 0 Å². The van der Waals surface area contributed by atoms with Crippen LogP contribution in [0.15, 0.2) is 28.4 Å². The van der Waals surface area contributed by atoms with Crippen LogP contribution in [0.25, 0.3) is 0 Å². The summed E-state index contributed by atoms with van der Waals surface area (Å²) < 4.78 is 4.94. The van der Waals surface area contributed by atoms with E-state index in [1.807, 2.05) is 0 Å². The number of rotatable bonds is 4. The van der Waals surface area contributed by atoms with Gasteiger partial charge in [0.05, 0.1) is 13.3 Å². The maximum absolute atomic E-state index is 11.6. The van der Waals surface area contributed by atoms with Crippen molar-refractivity contribution in [1.82, 2.24) is 10.9 Å². The van der Waals surface area contributed by atoms with Crippen molar-refractivity contribution in [3.63, 3.8) is 0 Å².